The van der Waals surface area contributed by atoms with Gasteiger partial charge in [0.15, 0.2) is 11.6 Å². The molecule has 3 rings (SSSR count). The van der Waals surface area contributed by atoms with E-state index in [4.69, 9.17) is 4.74 Å². The quantitative estimate of drug-likeness (QED) is 0.191. The van der Waals surface area contributed by atoms with E-state index < -0.39 is 11.6 Å². The van der Waals surface area contributed by atoms with Crippen LogP contribution < -0.4 is 0 Å². The van der Waals surface area contributed by atoms with Gasteiger partial charge in [-0.1, -0.05) is 121 Å². The topological polar surface area (TPSA) is 9.23 Å². The Hall–Kier alpha value is -1.74. The van der Waals surface area contributed by atoms with Crippen LogP contribution in [0.25, 0.3) is 11.1 Å². The Bertz CT molecular complexity index is 883. The molecule has 0 spiro atoms. The first-order valence-corrected chi connectivity index (χ1v) is 15.3. The summed E-state index contributed by atoms with van der Waals surface area (Å²) >= 11 is 0. The lowest BCUT2D eigenvalue weighted by Crippen LogP contribution is -2.13. The van der Waals surface area contributed by atoms with Gasteiger partial charge in [-0.25, -0.2) is 8.78 Å². The molecular weight excluding hydrogens is 462 g/mol. The van der Waals surface area contributed by atoms with E-state index in [-0.39, 0.29) is 12.2 Å². The van der Waals surface area contributed by atoms with Crippen molar-refractivity contribution in [2.24, 2.45) is 5.92 Å². The van der Waals surface area contributed by atoms with E-state index in [1.165, 1.54) is 89.0 Å². The number of unbranched alkanes of at least 4 members (excludes halogenated alkanes) is 9. The van der Waals surface area contributed by atoms with Crippen LogP contribution >= 0.6 is 0 Å². The van der Waals surface area contributed by atoms with Crippen molar-refractivity contribution in [2.75, 3.05) is 6.61 Å². The summed E-state index contributed by atoms with van der Waals surface area (Å²) in [4.78, 5) is 0. The van der Waals surface area contributed by atoms with Gasteiger partial charge in [-0.15, -0.1) is 0 Å². The Labute approximate surface area is 225 Å². The normalized spacial score (nSPS) is 17.8. The van der Waals surface area contributed by atoms with E-state index in [9.17, 15) is 8.78 Å². The number of rotatable bonds is 17. The van der Waals surface area contributed by atoms with Crippen molar-refractivity contribution < 1.29 is 13.5 Å². The van der Waals surface area contributed by atoms with Gasteiger partial charge in [-0.2, -0.15) is 0 Å². The first-order chi connectivity index (χ1) is 18.1. The summed E-state index contributed by atoms with van der Waals surface area (Å²) in [5.74, 6) is -0.0738. The minimum atomic E-state index is -0.785. The molecule has 0 bridgehead atoms. The lowest BCUT2D eigenvalue weighted by molar-refractivity contribution is 0.114. The van der Waals surface area contributed by atoms with Crippen LogP contribution in [0.3, 0.4) is 0 Å². The molecule has 0 atom stereocenters. The lowest BCUT2D eigenvalue weighted by Gasteiger charge is -2.29. The molecule has 3 heteroatoms. The standard InChI is InChI=1S/C34H50F2O/c1-3-5-7-8-9-10-11-12-14-27-15-17-28(18-16-27)29-19-21-30(22-20-29)32-24-23-31(33(35)34(32)36)26-37-25-13-6-4-2/h19-24,27-28H,3-18,25-26H2,1-2H3. The van der Waals surface area contributed by atoms with Crippen LogP contribution in [-0.4, -0.2) is 6.61 Å². The van der Waals surface area contributed by atoms with E-state index in [0.717, 1.165) is 30.7 Å². The zero-order valence-corrected chi connectivity index (χ0v) is 23.5. The molecule has 1 nitrogen and oxygen atoms in total. The molecule has 0 heterocycles. The summed E-state index contributed by atoms with van der Waals surface area (Å²) in [5, 5.41) is 0. The maximum Gasteiger partial charge on any atom is 0.167 e. The first-order valence-electron chi connectivity index (χ1n) is 15.3. The largest absolute Gasteiger partial charge is 0.377 e. The van der Waals surface area contributed by atoms with Gasteiger partial charge < -0.3 is 4.74 Å². The summed E-state index contributed by atoms with van der Waals surface area (Å²) in [6.07, 6.45) is 20.8. The average Bonchev–Trinajstić information content (AvgIpc) is 2.93. The second-order valence-electron chi connectivity index (χ2n) is 11.3. The molecule has 1 aliphatic carbocycles. The van der Waals surface area contributed by atoms with Crippen molar-refractivity contribution in [3.05, 3.63) is 59.2 Å². The van der Waals surface area contributed by atoms with E-state index in [0.29, 0.717) is 18.1 Å². The Kier molecular flexibility index (Phi) is 13.7. The van der Waals surface area contributed by atoms with Crippen LogP contribution in [0.15, 0.2) is 36.4 Å². The summed E-state index contributed by atoms with van der Waals surface area (Å²) in [5.41, 5.74) is 2.69. The summed E-state index contributed by atoms with van der Waals surface area (Å²) in [7, 11) is 0. The third kappa shape index (κ3) is 9.82. The average molecular weight is 513 g/mol. The predicted molar refractivity (Wildman–Crippen MR) is 153 cm³/mol. The summed E-state index contributed by atoms with van der Waals surface area (Å²) in [6, 6.07) is 11.5. The molecular formula is C34H50F2O. The van der Waals surface area contributed by atoms with Crippen molar-refractivity contribution in [1.29, 1.82) is 0 Å². The molecule has 0 unspecified atom stereocenters. The van der Waals surface area contributed by atoms with Gasteiger partial charge in [-0.3, -0.25) is 0 Å². The zero-order chi connectivity index (χ0) is 26.3. The molecule has 0 saturated heterocycles. The first kappa shape index (κ1) is 29.8. The SMILES string of the molecule is CCCCCCCCCCC1CCC(c2ccc(-c3ccc(COCCCCC)c(F)c3F)cc2)CC1. The fourth-order valence-electron chi connectivity index (χ4n) is 5.85. The lowest BCUT2D eigenvalue weighted by atomic mass is 9.77. The maximum absolute atomic E-state index is 14.9. The van der Waals surface area contributed by atoms with Gasteiger partial charge >= 0.3 is 0 Å². The van der Waals surface area contributed by atoms with Crippen molar-refractivity contribution in [2.45, 2.75) is 129 Å². The molecule has 37 heavy (non-hydrogen) atoms. The van der Waals surface area contributed by atoms with Crippen LogP contribution in [0.5, 0.6) is 0 Å². The smallest absolute Gasteiger partial charge is 0.167 e. The molecule has 1 fully saturated rings. The maximum atomic E-state index is 14.9. The highest BCUT2D eigenvalue weighted by atomic mass is 19.2. The molecule has 0 amide bonds. The Morgan fingerprint density at radius 2 is 1.30 bits per heavy atom. The van der Waals surface area contributed by atoms with Gasteiger partial charge in [0.2, 0.25) is 0 Å². The van der Waals surface area contributed by atoms with Crippen LogP contribution in [0, 0.1) is 17.6 Å². The highest BCUT2D eigenvalue weighted by Gasteiger charge is 2.22. The van der Waals surface area contributed by atoms with Crippen LogP contribution in [0.1, 0.15) is 134 Å². The van der Waals surface area contributed by atoms with Crippen LogP contribution in [0.4, 0.5) is 8.78 Å². The molecule has 0 aromatic heterocycles. The molecule has 206 valence electrons. The fraction of sp³-hybridized carbons (Fsp3) is 0.647. The number of hydrogen-bond donors (Lipinski definition) is 0. The van der Waals surface area contributed by atoms with Gasteiger partial charge in [0.25, 0.3) is 0 Å². The van der Waals surface area contributed by atoms with Gasteiger partial charge in [0.05, 0.1) is 6.61 Å². The van der Waals surface area contributed by atoms with Crippen molar-refractivity contribution in [1.82, 2.24) is 0 Å². The third-order valence-corrected chi connectivity index (χ3v) is 8.32. The van der Waals surface area contributed by atoms with Gasteiger partial charge in [0.1, 0.15) is 0 Å². The van der Waals surface area contributed by atoms with Crippen molar-refractivity contribution >= 4 is 0 Å². The third-order valence-electron chi connectivity index (χ3n) is 8.32. The Morgan fingerprint density at radius 1 is 0.676 bits per heavy atom. The monoisotopic (exact) mass is 512 g/mol. The van der Waals surface area contributed by atoms with E-state index in [2.05, 4.69) is 26.0 Å². The van der Waals surface area contributed by atoms with Crippen molar-refractivity contribution in [3.63, 3.8) is 0 Å². The molecule has 0 aliphatic heterocycles. The molecule has 0 N–H and O–H groups in total. The number of halogens is 2. The van der Waals surface area contributed by atoms with E-state index in [1.807, 2.05) is 12.1 Å². The van der Waals surface area contributed by atoms with Crippen molar-refractivity contribution in [3.8, 4) is 11.1 Å². The number of hydrogen-bond acceptors (Lipinski definition) is 1. The zero-order valence-electron chi connectivity index (χ0n) is 23.5. The minimum Gasteiger partial charge on any atom is -0.377 e. The molecule has 0 radical (unpaired) electrons. The van der Waals surface area contributed by atoms with E-state index >= 15 is 0 Å². The predicted octanol–water partition coefficient (Wildman–Crippen LogP) is 11.1. The van der Waals surface area contributed by atoms with Gasteiger partial charge in [0, 0.05) is 17.7 Å². The van der Waals surface area contributed by atoms with Crippen LogP contribution in [-0.2, 0) is 11.3 Å². The molecule has 1 aliphatic rings. The van der Waals surface area contributed by atoms with Gasteiger partial charge in [-0.05, 0) is 55.1 Å². The fourth-order valence-corrected chi connectivity index (χ4v) is 5.85. The highest BCUT2D eigenvalue weighted by Crippen LogP contribution is 2.38. The molecule has 2 aromatic carbocycles. The summed E-state index contributed by atoms with van der Waals surface area (Å²) in [6.45, 7) is 5.11. The molecule has 2 aromatic rings. The number of benzene rings is 2. The Morgan fingerprint density at radius 3 is 1.97 bits per heavy atom. The highest BCUT2D eigenvalue weighted by molar-refractivity contribution is 5.65. The molecule has 1 saturated carbocycles. The number of ether oxygens (including phenoxy) is 1. The second-order valence-corrected chi connectivity index (χ2v) is 11.3. The second kappa shape index (κ2) is 17.0. The van der Waals surface area contributed by atoms with Crippen LogP contribution in [0.2, 0.25) is 0 Å². The summed E-state index contributed by atoms with van der Waals surface area (Å²) < 4.78 is 35.1. The minimum absolute atomic E-state index is 0.118. The Balaban J connectivity index is 1.42. The van der Waals surface area contributed by atoms with E-state index in [1.54, 1.807) is 12.1 Å².